The molecule has 0 saturated carbocycles. The molecule has 6 nitrogen and oxygen atoms in total. The number of sulfonamides is 1. The zero-order chi connectivity index (χ0) is 23.5. The molecule has 32 heavy (non-hydrogen) atoms. The molecule has 2 aromatic rings. The van der Waals surface area contributed by atoms with Crippen molar-refractivity contribution in [3.8, 4) is 0 Å². The highest BCUT2D eigenvalue weighted by Gasteiger charge is 2.33. The maximum absolute atomic E-state index is 13.3. The highest BCUT2D eigenvalue weighted by Crippen LogP contribution is 2.29. The molecule has 0 atom stereocenters. The van der Waals surface area contributed by atoms with Crippen LogP contribution in [-0.4, -0.2) is 50.7 Å². The zero-order valence-electron chi connectivity index (χ0n) is 19.8. The Kier molecular flexibility index (Phi) is 7.75. The van der Waals surface area contributed by atoms with Gasteiger partial charge in [-0.05, 0) is 70.0 Å². The molecule has 3 rings (SSSR count). The maximum atomic E-state index is 13.3. The van der Waals surface area contributed by atoms with Gasteiger partial charge in [-0.15, -0.1) is 0 Å². The Labute approximate surface area is 192 Å². The second-order valence-corrected chi connectivity index (χ2v) is 11.0. The van der Waals surface area contributed by atoms with Crippen molar-refractivity contribution in [3.05, 3.63) is 64.2 Å². The molecule has 1 aliphatic rings. The molecule has 1 amide bonds. The molecule has 1 aliphatic heterocycles. The second kappa shape index (κ2) is 10.1. The molecule has 1 saturated heterocycles. The average molecular weight is 458 g/mol. The van der Waals surface area contributed by atoms with E-state index in [2.05, 4.69) is 16.3 Å². The fourth-order valence-electron chi connectivity index (χ4n) is 4.61. The lowest BCUT2D eigenvalue weighted by Crippen LogP contribution is -2.43. The molecule has 0 aliphatic carbocycles. The van der Waals surface area contributed by atoms with E-state index in [0.717, 1.165) is 28.8 Å². The van der Waals surface area contributed by atoms with Crippen molar-refractivity contribution in [2.75, 3.05) is 27.2 Å². The van der Waals surface area contributed by atoms with Gasteiger partial charge >= 0.3 is 0 Å². The summed E-state index contributed by atoms with van der Waals surface area (Å²) in [5.74, 6) is -0.160. The lowest BCUT2D eigenvalue weighted by atomic mass is 9.97. The minimum atomic E-state index is -3.56. The summed E-state index contributed by atoms with van der Waals surface area (Å²) in [6.45, 7) is 7.71. The first-order chi connectivity index (χ1) is 15.1. The summed E-state index contributed by atoms with van der Waals surface area (Å²) in [5, 5.41) is 3.07. The van der Waals surface area contributed by atoms with E-state index in [1.54, 1.807) is 0 Å². The Hall–Kier alpha value is -2.22. The van der Waals surface area contributed by atoms with Crippen LogP contribution < -0.4 is 5.32 Å². The van der Waals surface area contributed by atoms with Crippen LogP contribution in [0.5, 0.6) is 0 Å². The van der Waals surface area contributed by atoms with Gasteiger partial charge in [0.15, 0.2) is 0 Å². The van der Waals surface area contributed by atoms with Crippen LogP contribution in [0.2, 0.25) is 0 Å². The first kappa shape index (κ1) is 24.4. The highest BCUT2D eigenvalue weighted by molar-refractivity contribution is 7.89. The molecule has 0 aromatic heterocycles. The van der Waals surface area contributed by atoms with E-state index < -0.39 is 10.0 Å². The van der Waals surface area contributed by atoms with E-state index in [9.17, 15) is 13.2 Å². The van der Waals surface area contributed by atoms with Crippen molar-refractivity contribution in [2.45, 2.75) is 51.6 Å². The van der Waals surface area contributed by atoms with Crippen LogP contribution in [0.3, 0.4) is 0 Å². The van der Waals surface area contributed by atoms with Crippen molar-refractivity contribution in [2.24, 2.45) is 5.92 Å². The number of hydrogen-bond acceptors (Lipinski definition) is 4. The second-order valence-electron chi connectivity index (χ2n) is 9.13. The topological polar surface area (TPSA) is 69.7 Å². The summed E-state index contributed by atoms with van der Waals surface area (Å²) in [5.41, 5.74) is 4.92. The molecule has 1 heterocycles. The number of aryl methyl sites for hydroxylation is 3. The lowest BCUT2D eigenvalue weighted by molar-refractivity contribution is -0.126. The van der Waals surface area contributed by atoms with Crippen molar-refractivity contribution in [3.63, 3.8) is 0 Å². The summed E-state index contributed by atoms with van der Waals surface area (Å²) < 4.78 is 28.1. The summed E-state index contributed by atoms with van der Waals surface area (Å²) in [7, 11) is 0.484. The highest BCUT2D eigenvalue weighted by atomic mass is 32.2. The Morgan fingerprint density at radius 3 is 2.16 bits per heavy atom. The van der Waals surface area contributed by atoms with Crippen molar-refractivity contribution >= 4 is 15.9 Å². The summed E-state index contributed by atoms with van der Waals surface area (Å²) in [4.78, 5) is 15.3. The summed E-state index contributed by atoms with van der Waals surface area (Å²) >= 11 is 0. The third-order valence-corrected chi connectivity index (χ3v) is 8.29. The average Bonchev–Trinajstić information content (AvgIpc) is 2.71. The number of nitrogens with zero attached hydrogens (tertiary/aromatic N) is 2. The van der Waals surface area contributed by atoms with E-state index >= 15 is 0 Å². The number of nitrogens with one attached hydrogen (secondary N) is 1. The van der Waals surface area contributed by atoms with Gasteiger partial charge in [-0.25, -0.2) is 8.42 Å². The zero-order valence-corrected chi connectivity index (χ0v) is 20.6. The van der Waals surface area contributed by atoms with Crippen LogP contribution in [0.15, 0.2) is 41.3 Å². The van der Waals surface area contributed by atoms with Gasteiger partial charge in [0.1, 0.15) is 0 Å². The van der Waals surface area contributed by atoms with Gasteiger partial charge in [0.25, 0.3) is 0 Å². The number of carbonyl (C=O) groups excluding carboxylic acids is 1. The van der Waals surface area contributed by atoms with Crippen LogP contribution in [0.25, 0.3) is 0 Å². The molecule has 2 aromatic carbocycles. The molecule has 174 valence electrons. The molecule has 0 unspecified atom stereocenters. The van der Waals surface area contributed by atoms with Gasteiger partial charge in [-0.3, -0.25) is 4.79 Å². The van der Waals surface area contributed by atoms with Gasteiger partial charge < -0.3 is 10.2 Å². The van der Waals surface area contributed by atoms with Crippen LogP contribution in [0.4, 0.5) is 0 Å². The number of piperidine rings is 1. The maximum Gasteiger partial charge on any atom is 0.243 e. The van der Waals surface area contributed by atoms with E-state index in [1.807, 2.05) is 65.2 Å². The third-order valence-electron chi connectivity index (χ3n) is 6.09. The van der Waals surface area contributed by atoms with E-state index in [4.69, 9.17) is 0 Å². The number of rotatable bonds is 7. The molecule has 1 fully saturated rings. The molecule has 7 heteroatoms. The monoisotopic (exact) mass is 457 g/mol. The summed E-state index contributed by atoms with van der Waals surface area (Å²) in [6.07, 6.45) is 1.07. The fourth-order valence-corrected chi connectivity index (χ4v) is 6.49. The predicted octanol–water partition coefficient (Wildman–Crippen LogP) is 3.39. The molecule has 1 N–H and O–H groups in total. The third kappa shape index (κ3) is 5.57. The van der Waals surface area contributed by atoms with E-state index in [0.29, 0.717) is 37.4 Å². The molecule has 0 bridgehead atoms. The fraction of sp³-hybridized carbons (Fsp3) is 0.480. The van der Waals surface area contributed by atoms with Gasteiger partial charge in [0, 0.05) is 32.1 Å². The number of benzene rings is 2. The van der Waals surface area contributed by atoms with Crippen LogP contribution >= 0.6 is 0 Å². The first-order valence-electron chi connectivity index (χ1n) is 11.2. The standard InChI is InChI=1S/C25H35N3O3S/c1-18-14-19(2)24(20(3)15-18)32(30,31)28-12-10-21(11-13-28)25(29)26-16-22-8-6-7-9-23(22)17-27(4)5/h6-9,14-15,21H,10-13,16-17H2,1-5H3,(H,26,29). The Balaban J connectivity index is 1.61. The Morgan fingerprint density at radius 1 is 1.03 bits per heavy atom. The minimum absolute atomic E-state index is 0.00408. The van der Waals surface area contributed by atoms with Crippen LogP contribution in [0, 0.1) is 26.7 Å². The van der Waals surface area contributed by atoms with Crippen molar-refractivity contribution in [1.29, 1.82) is 0 Å². The Morgan fingerprint density at radius 2 is 1.59 bits per heavy atom. The largest absolute Gasteiger partial charge is 0.352 e. The van der Waals surface area contributed by atoms with Gasteiger partial charge in [0.05, 0.1) is 4.90 Å². The van der Waals surface area contributed by atoms with Crippen molar-refractivity contribution in [1.82, 2.24) is 14.5 Å². The van der Waals surface area contributed by atoms with Crippen LogP contribution in [-0.2, 0) is 27.9 Å². The number of carbonyl (C=O) groups is 1. The minimum Gasteiger partial charge on any atom is -0.352 e. The van der Waals surface area contributed by atoms with E-state index in [1.165, 1.54) is 9.87 Å². The van der Waals surface area contributed by atoms with Crippen molar-refractivity contribution < 1.29 is 13.2 Å². The molecule has 0 radical (unpaired) electrons. The normalized spacial score (nSPS) is 15.8. The summed E-state index contributed by atoms with van der Waals surface area (Å²) in [6, 6.07) is 11.9. The molecule has 0 spiro atoms. The Bertz CT molecular complexity index is 1050. The molecular formula is C25H35N3O3S. The number of amides is 1. The SMILES string of the molecule is Cc1cc(C)c(S(=O)(=O)N2CCC(C(=O)NCc3ccccc3CN(C)C)CC2)c(C)c1. The van der Waals surface area contributed by atoms with Gasteiger partial charge in [-0.2, -0.15) is 4.31 Å². The number of hydrogen-bond donors (Lipinski definition) is 1. The smallest absolute Gasteiger partial charge is 0.243 e. The van der Waals surface area contributed by atoms with Crippen LogP contribution in [0.1, 0.15) is 40.7 Å². The van der Waals surface area contributed by atoms with Gasteiger partial charge in [-0.1, -0.05) is 42.0 Å². The quantitative estimate of drug-likeness (QED) is 0.692. The lowest BCUT2D eigenvalue weighted by Gasteiger charge is -2.31. The predicted molar refractivity (Wildman–Crippen MR) is 128 cm³/mol. The molecular weight excluding hydrogens is 422 g/mol. The first-order valence-corrected chi connectivity index (χ1v) is 12.6. The van der Waals surface area contributed by atoms with E-state index in [-0.39, 0.29) is 11.8 Å². The van der Waals surface area contributed by atoms with Gasteiger partial charge in [0.2, 0.25) is 15.9 Å².